The Morgan fingerprint density at radius 1 is 1.08 bits per heavy atom. The topological polar surface area (TPSA) is 67.6 Å². The molecule has 134 valence electrons. The molecule has 0 aliphatic carbocycles. The fraction of sp³-hybridized carbons (Fsp3) is 0.350. The molecule has 0 fully saturated rings. The van der Waals surface area contributed by atoms with Crippen LogP contribution >= 0.6 is 0 Å². The summed E-state index contributed by atoms with van der Waals surface area (Å²) < 4.78 is 5.92. The summed E-state index contributed by atoms with van der Waals surface area (Å²) in [6.07, 6.45) is 0. The van der Waals surface area contributed by atoms with Gasteiger partial charge >= 0.3 is 0 Å². The van der Waals surface area contributed by atoms with Crippen LogP contribution in [0.5, 0.6) is 5.75 Å². The zero-order chi connectivity index (χ0) is 18.1. The van der Waals surface area contributed by atoms with Crippen LogP contribution in [-0.4, -0.2) is 37.0 Å². The first-order valence-electron chi connectivity index (χ1n) is 8.70. The lowest BCUT2D eigenvalue weighted by Gasteiger charge is -2.19. The molecule has 0 saturated carbocycles. The third-order valence-electron chi connectivity index (χ3n) is 4.14. The quantitative estimate of drug-likeness (QED) is 0.688. The van der Waals surface area contributed by atoms with E-state index in [-0.39, 0.29) is 5.91 Å². The second kappa shape index (κ2) is 9.69. The van der Waals surface area contributed by atoms with Gasteiger partial charge in [0, 0.05) is 29.9 Å². The Labute approximate surface area is 149 Å². The molecule has 0 heterocycles. The summed E-state index contributed by atoms with van der Waals surface area (Å²) in [7, 11) is 0. The van der Waals surface area contributed by atoms with E-state index in [0.717, 1.165) is 30.9 Å². The summed E-state index contributed by atoms with van der Waals surface area (Å²) in [6.45, 7) is 8.25. The SMILES string of the molecule is CCN(CC)CCOc1ccccc1CNC(=O)c1ccc(N)cc1. The Bertz CT molecular complexity index is 667. The maximum absolute atomic E-state index is 12.2. The lowest BCUT2D eigenvalue weighted by molar-refractivity contribution is 0.0950. The summed E-state index contributed by atoms with van der Waals surface area (Å²) >= 11 is 0. The number of rotatable bonds is 9. The minimum Gasteiger partial charge on any atom is -0.492 e. The Balaban J connectivity index is 1.91. The van der Waals surface area contributed by atoms with Crippen LogP contribution in [0, 0.1) is 0 Å². The molecule has 2 rings (SSSR count). The number of nitrogens with zero attached hydrogens (tertiary/aromatic N) is 1. The van der Waals surface area contributed by atoms with Crippen molar-refractivity contribution >= 4 is 11.6 Å². The second-order valence-electron chi connectivity index (χ2n) is 5.79. The Morgan fingerprint density at radius 2 is 1.76 bits per heavy atom. The molecule has 0 bridgehead atoms. The van der Waals surface area contributed by atoms with Crippen molar-refractivity contribution in [2.75, 3.05) is 32.0 Å². The van der Waals surface area contributed by atoms with Crippen LogP contribution in [-0.2, 0) is 6.54 Å². The summed E-state index contributed by atoms with van der Waals surface area (Å²) in [5.41, 5.74) is 7.85. The number of amides is 1. The molecule has 0 saturated heterocycles. The van der Waals surface area contributed by atoms with E-state index in [2.05, 4.69) is 24.1 Å². The number of hydrogen-bond donors (Lipinski definition) is 2. The number of carbonyl (C=O) groups is 1. The number of benzene rings is 2. The van der Waals surface area contributed by atoms with E-state index in [4.69, 9.17) is 10.5 Å². The number of nitrogen functional groups attached to an aromatic ring is 1. The van der Waals surface area contributed by atoms with Gasteiger partial charge in [0.05, 0.1) is 0 Å². The first kappa shape index (κ1) is 18.8. The number of anilines is 1. The zero-order valence-electron chi connectivity index (χ0n) is 15.0. The van der Waals surface area contributed by atoms with Gasteiger partial charge in [-0.25, -0.2) is 0 Å². The number of para-hydroxylation sites is 1. The first-order chi connectivity index (χ1) is 12.1. The molecule has 0 aliphatic rings. The molecule has 0 aromatic heterocycles. The fourth-order valence-electron chi connectivity index (χ4n) is 2.53. The van der Waals surface area contributed by atoms with Crippen molar-refractivity contribution < 1.29 is 9.53 Å². The number of nitrogens with one attached hydrogen (secondary N) is 1. The van der Waals surface area contributed by atoms with Crippen LogP contribution in [0.3, 0.4) is 0 Å². The van der Waals surface area contributed by atoms with Gasteiger partial charge in [0.25, 0.3) is 5.91 Å². The predicted molar refractivity (Wildman–Crippen MR) is 102 cm³/mol. The highest BCUT2D eigenvalue weighted by molar-refractivity contribution is 5.94. The van der Waals surface area contributed by atoms with Crippen LogP contribution in [0.15, 0.2) is 48.5 Å². The van der Waals surface area contributed by atoms with Crippen LogP contribution in [0.2, 0.25) is 0 Å². The Morgan fingerprint density at radius 3 is 2.44 bits per heavy atom. The van der Waals surface area contributed by atoms with E-state index in [1.807, 2.05) is 24.3 Å². The minimum absolute atomic E-state index is 0.127. The van der Waals surface area contributed by atoms with Gasteiger partial charge in [-0.1, -0.05) is 32.0 Å². The molecule has 5 heteroatoms. The van der Waals surface area contributed by atoms with Crippen molar-refractivity contribution in [1.29, 1.82) is 0 Å². The van der Waals surface area contributed by atoms with Crippen molar-refractivity contribution in [3.8, 4) is 5.75 Å². The summed E-state index contributed by atoms with van der Waals surface area (Å²) in [5.74, 6) is 0.685. The van der Waals surface area contributed by atoms with Gasteiger partial charge in [-0.2, -0.15) is 0 Å². The molecule has 5 nitrogen and oxygen atoms in total. The van der Waals surface area contributed by atoms with Crippen molar-refractivity contribution in [2.24, 2.45) is 0 Å². The molecule has 2 aromatic rings. The molecular weight excluding hydrogens is 314 g/mol. The van der Waals surface area contributed by atoms with Crippen LogP contribution in [0.25, 0.3) is 0 Å². The monoisotopic (exact) mass is 341 g/mol. The molecule has 0 atom stereocenters. The Hall–Kier alpha value is -2.53. The number of nitrogens with two attached hydrogens (primary N) is 1. The molecule has 0 aliphatic heterocycles. The lowest BCUT2D eigenvalue weighted by atomic mass is 10.1. The largest absolute Gasteiger partial charge is 0.492 e. The average Bonchev–Trinajstić information content (AvgIpc) is 2.64. The van der Waals surface area contributed by atoms with Crippen molar-refractivity contribution in [3.05, 3.63) is 59.7 Å². The molecule has 0 radical (unpaired) electrons. The molecule has 0 spiro atoms. The van der Waals surface area contributed by atoms with Crippen LogP contribution in [0.4, 0.5) is 5.69 Å². The van der Waals surface area contributed by atoms with Gasteiger partial charge in [0.15, 0.2) is 0 Å². The number of ether oxygens (including phenoxy) is 1. The smallest absolute Gasteiger partial charge is 0.251 e. The molecular formula is C20H27N3O2. The number of carbonyl (C=O) groups excluding carboxylic acids is 1. The summed E-state index contributed by atoms with van der Waals surface area (Å²) in [5, 5.41) is 2.93. The van der Waals surface area contributed by atoms with Crippen molar-refractivity contribution in [3.63, 3.8) is 0 Å². The lowest BCUT2D eigenvalue weighted by Crippen LogP contribution is -2.28. The molecule has 0 unspecified atom stereocenters. The van der Waals surface area contributed by atoms with Gasteiger partial charge in [0.1, 0.15) is 12.4 Å². The predicted octanol–water partition coefficient (Wildman–Crippen LogP) is 2.92. The van der Waals surface area contributed by atoms with E-state index in [9.17, 15) is 4.79 Å². The molecule has 25 heavy (non-hydrogen) atoms. The normalized spacial score (nSPS) is 10.7. The van der Waals surface area contributed by atoms with Crippen molar-refractivity contribution in [2.45, 2.75) is 20.4 Å². The van der Waals surface area contributed by atoms with E-state index in [1.165, 1.54) is 0 Å². The van der Waals surface area contributed by atoms with E-state index in [0.29, 0.717) is 24.4 Å². The first-order valence-corrected chi connectivity index (χ1v) is 8.70. The van der Waals surface area contributed by atoms with Crippen LogP contribution < -0.4 is 15.8 Å². The van der Waals surface area contributed by atoms with E-state index < -0.39 is 0 Å². The van der Waals surface area contributed by atoms with Gasteiger partial charge in [-0.05, 0) is 43.4 Å². The van der Waals surface area contributed by atoms with Gasteiger partial charge in [0.2, 0.25) is 0 Å². The maximum atomic E-state index is 12.2. The van der Waals surface area contributed by atoms with Gasteiger partial charge in [-0.15, -0.1) is 0 Å². The molecule has 2 aromatic carbocycles. The van der Waals surface area contributed by atoms with E-state index >= 15 is 0 Å². The molecule has 1 amide bonds. The highest BCUT2D eigenvalue weighted by atomic mass is 16.5. The van der Waals surface area contributed by atoms with Crippen LogP contribution in [0.1, 0.15) is 29.8 Å². The maximum Gasteiger partial charge on any atom is 0.251 e. The van der Waals surface area contributed by atoms with Gasteiger partial charge < -0.3 is 20.7 Å². The fourth-order valence-corrected chi connectivity index (χ4v) is 2.53. The highest BCUT2D eigenvalue weighted by Crippen LogP contribution is 2.18. The zero-order valence-corrected chi connectivity index (χ0v) is 15.0. The van der Waals surface area contributed by atoms with Gasteiger partial charge in [-0.3, -0.25) is 4.79 Å². The minimum atomic E-state index is -0.127. The van der Waals surface area contributed by atoms with E-state index in [1.54, 1.807) is 24.3 Å². The summed E-state index contributed by atoms with van der Waals surface area (Å²) in [4.78, 5) is 14.5. The third-order valence-corrected chi connectivity index (χ3v) is 4.14. The van der Waals surface area contributed by atoms with Crippen molar-refractivity contribution in [1.82, 2.24) is 10.2 Å². The Kier molecular flexibility index (Phi) is 7.29. The highest BCUT2D eigenvalue weighted by Gasteiger charge is 2.08. The second-order valence-corrected chi connectivity index (χ2v) is 5.79. The molecule has 3 N–H and O–H groups in total. The summed E-state index contributed by atoms with van der Waals surface area (Å²) in [6, 6.07) is 14.7. The average molecular weight is 341 g/mol. The standard InChI is InChI=1S/C20H27N3O2/c1-3-23(4-2)13-14-25-19-8-6-5-7-17(19)15-22-20(24)16-9-11-18(21)12-10-16/h5-12H,3-4,13-15,21H2,1-2H3,(H,22,24). The third kappa shape index (κ3) is 5.80. The number of likely N-dealkylation sites (N-methyl/N-ethyl adjacent to an activating group) is 1. The number of hydrogen-bond acceptors (Lipinski definition) is 4.